The molecule has 0 aromatic carbocycles. The molecular weight excluding hydrogens is 284 g/mol. The summed E-state index contributed by atoms with van der Waals surface area (Å²) in [6.45, 7) is 0.195. The summed E-state index contributed by atoms with van der Waals surface area (Å²) >= 11 is 1.67. The van der Waals surface area contributed by atoms with E-state index in [1.807, 2.05) is 12.1 Å². The van der Waals surface area contributed by atoms with Gasteiger partial charge in [-0.3, -0.25) is 4.79 Å². The molecule has 0 saturated heterocycles. The van der Waals surface area contributed by atoms with Crippen molar-refractivity contribution in [3.63, 3.8) is 0 Å². The fraction of sp³-hybridized carbons (Fsp3) is 0.625. The lowest BCUT2D eigenvalue weighted by Crippen LogP contribution is -2.18. The summed E-state index contributed by atoms with van der Waals surface area (Å²) in [6.07, 6.45) is 8.53. The van der Waals surface area contributed by atoms with Crippen LogP contribution in [0.4, 0.5) is 5.82 Å². The Kier molecular flexibility index (Phi) is 7.03. The number of aliphatic hydroxyl groups excluding tert-OH is 1. The van der Waals surface area contributed by atoms with Gasteiger partial charge in [0.25, 0.3) is 0 Å². The monoisotopic (exact) mass is 308 g/mol. The predicted octanol–water partition coefficient (Wildman–Crippen LogP) is 3.22. The van der Waals surface area contributed by atoms with Crippen LogP contribution in [0, 0.1) is 5.92 Å². The van der Waals surface area contributed by atoms with Crippen molar-refractivity contribution in [3.8, 4) is 0 Å². The quantitative estimate of drug-likeness (QED) is 0.759. The van der Waals surface area contributed by atoms with Crippen molar-refractivity contribution >= 4 is 23.5 Å². The third kappa shape index (κ3) is 6.06. The smallest absolute Gasteiger partial charge is 0.225 e. The van der Waals surface area contributed by atoms with Gasteiger partial charge in [-0.05, 0) is 36.5 Å². The third-order valence-electron chi connectivity index (χ3n) is 3.80. The summed E-state index contributed by atoms with van der Waals surface area (Å²) in [6, 6.07) is 3.87. The SMILES string of the molecule is O=C(CC1CCCCC1)Nc1cc(CSCCO)ccn1. The molecule has 0 bridgehead atoms. The van der Waals surface area contributed by atoms with Gasteiger partial charge in [-0.2, -0.15) is 11.8 Å². The van der Waals surface area contributed by atoms with Gasteiger partial charge in [-0.1, -0.05) is 19.3 Å². The van der Waals surface area contributed by atoms with Crippen LogP contribution in [0.1, 0.15) is 44.1 Å². The molecule has 1 heterocycles. The van der Waals surface area contributed by atoms with Crippen molar-refractivity contribution in [2.45, 2.75) is 44.3 Å². The van der Waals surface area contributed by atoms with E-state index in [0.29, 0.717) is 18.2 Å². The molecule has 0 radical (unpaired) electrons. The second-order valence-electron chi connectivity index (χ2n) is 5.58. The van der Waals surface area contributed by atoms with E-state index < -0.39 is 0 Å². The van der Waals surface area contributed by atoms with Gasteiger partial charge in [-0.25, -0.2) is 4.98 Å². The summed E-state index contributed by atoms with van der Waals surface area (Å²) in [7, 11) is 0. The number of pyridine rings is 1. The van der Waals surface area contributed by atoms with Crippen molar-refractivity contribution in [2.24, 2.45) is 5.92 Å². The lowest BCUT2D eigenvalue weighted by Gasteiger charge is -2.20. The van der Waals surface area contributed by atoms with Crippen molar-refractivity contribution < 1.29 is 9.90 Å². The van der Waals surface area contributed by atoms with Crippen LogP contribution in [0.25, 0.3) is 0 Å². The lowest BCUT2D eigenvalue weighted by molar-refractivity contribution is -0.117. The molecule has 5 heteroatoms. The van der Waals surface area contributed by atoms with Crippen molar-refractivity contribution in [1.29, 1.82) is 0 Å². The largest absolute Gasteiger partial charge is 0.396 e. The van der Waals surface area contributed by atoms with E-state index in [1.54, 1.807) is 18.0 Å². The number of carbonyl (C=O) groups is 1. The Morgan fingerprint density at radius 1 is 1.38 bits per heavy atom. The molecule has 1 fully saturated rings. The van der Waals surface area contributed by atoms with Crippen LogP contribution in [-0.2, 0) is 10.5 Å². The fourth-order valence-electron chi connectivity index (χ4n) is 2.73. The Morgan fingerprint density at radius 3 is 2.95 bits per heavy atom. The summed E-state index contributed by atoms with van der Waals surface area (Å²) in [5, 5.41) is 11.7. The average molecular weight is 308 g/mol. The maximum atomic E-state index is 12.1. The predicted molar refractivity (Wildman–Crippen MR) is 87.3 cm³/mol. The molecule has 1 aromatic rings. The molecule has 21 heavy (non-hydrogen) atoms. The molecule has 0 atom stereocenters. The molecule has 2 N–H and O–H groups in total. The second kappa shape index (κ2) is 9.05. The van der Waals surface area contributed by atoms with E-state index in [0.717, 1.165) is 17.1 Å². The van der Waals surface area contributed by atoms with E-state index in [2.05, 4.69) is 10.3 Å². The van der Waals surface area contributed by atoms with Gasteiger partial charge in [-0.15, -0.1) is 0 Å². The van der Waals surface area contributed by atoms with Gasteiger partial charge in [0.15, 0.2) is 0 Å². The van der Waals surface area contributed by atoms with E-state index in [-0.39, 0.29) is 12.5 Å². The third-order valence-corrected chi connectivity index (χ3v) is 4.80. The van der Waals surface area contributed by atoms with Crippen LogP contribution in [0.3, 0.4) is 0 Å². The summed E-state index contributed by atoms with van der Waals surface area (Å²) in [5.74, 6) is 2.81. The molecule has 1 aliphatic rings. The summed E-state index contributed by atoms with van der Waals surface area (Å²) in [5.41, 5.74) is 1.12. The molecule has 0 unspecified atom stereocenters. The van der Waals surface area contributed by atoms with E-state index >= 15 is 0 Å². The second-order valence-corrected chi connectivity index (χ2v) is 6.69. The van der Waals surface area contributed by atoms with Gasteiger partial charge in [0.1, 0.15) is 5.82 Å². The summed E-state index contributed by atoms with van der Waals surface area (Å²) in [4.78, 5) is 16.3. The number of hydrogen-bond donors (Lipinski definition) is 2. The van der Waals surface area contributed by atoms with Gasteiger partial charge in [0.2, 0.25) is 5.91 Å². The fourth-order valence-corrected chi connectivity index (χ4v) is 3.42. The molecule has 1 saturated carbocycles. The van der Waals surface area contributed by atoms with Crippen LogP contribution in [0.5, 0.6) is 0 Å². The Labute approximate surface area is 130 Å². The first-order valence-electron chi connectivity index (χ1n) is 7.71. The highest BCUT2D eigenvalue weighted by atomic mass is 32.2. The zero-order valence-corrected chi connectivity index (χ0v) is 13.2. The minimum Gasteiger partial charge on any atom is -0.396 e. The number of thioether (sulfide) groups is 1. The molecule has 116 valence electrons. The Hall–Kier alpha value is -1.07. The number of aliphatic hydroxyl groups is 1. The topological polar surface area (TPSA) is 62.2 Å². The van der Waals surface area contributed by atoms with Crippen molar-refractivity contribution in [3.05, 3.63) is 23.9 Å². The number of aromatic nitrogens is 1. The highest BCUT2D eigenvalue weighted by Crippen LogP contribution is 2.26. The summed E-state index contributed by atoms with van der Waals surface area (Å²) < 4.78 is 0. The van der Waals surface area contributed by atoms with Crippen LogP contribution in [0.2, 0.25) is 0 Å². The minimum atomic E-state index is 0.0783. The first-order chi connectivity index (χ1) is 10.3. The number of anilines is 1. The van der Waals surface area contributed by atoms with E-state index in [9.17, 15) is 4.79 Å². The average Bonchev–Trinajstić information content (AvgIpc) is 2.49. The van der Waals surface area contributed by atoms with Gasteiger partial charge < -0.3 is 10.4 Å². The van der Waals surface area contributed by atoms with E-state index in [1.165, 1.54) is 32.1 Å². The number of hydrogen-bond acceptors (Lipinski definition) is 4. The molecule has 0 spiro atoms. The number of amides is 1. The Bertz CT molecular complexity index is 448. The zero-order chi connectivity index (χ0) is 14.9. The first kappa shape index (κ1) is 16.3. The van der Waals surface area contributed by atoms with E-state index in [4.69, 9.17) is 5.11 Å². The molecule has 1 amide bonds. The zero-order valence-electron chi connectivity index (χ0n) is 12.4. The first-order valence-corrected chi connectivity index (χ1v) is 8.87. The Balaban J connectivity index is 1.80. The molecule has 1 aromatic heterocycles. The van der Waals surface area contributed by atoms with Crippen LogP contribution < -0.4 is 5.32 Å². The maximum absolute atomic E-state index is 12.1. The highest BCUT2D eigenvalue weighted by Gasteiger charge is 2.17. The molecular formula is C16H24N2O2S. The van der Waals surface area contributed by atoms with Crippen LogP contribution >= 0.6 is 11.8 Å². The van der Waals surface area contributed by atoms with Gasteiger partial charge in [0.05, 0.1) is 6.61 Å². The van der Waals surface area contributed by atoms with Gasteiger partial charge >= 0.3 is 0 Å². The number of nitrogens with one attached hydrogen (secondary N) is 1. The molecule has 1 aliphatic carbocycles. The molecule has 4 nitrogen and oxygen atoms in total. The standard InChI is InChI=1S/C16H24N2O2S/c19-8-9-21-12-14-6-7-17-15(10-14)18-16(20)11-13-4-2-1-3-5-13/h6-7,10,13,19H,1-5,8-9,11-12H2,(H,17,18,20). The maximum Gasteiger partial charge on any atom is 0.225 e. The normalized spacial score (nSPS) is 15.9. The Morgan fingerprint density at radius 2 is 2.19 bits per heavy atom. The number of nitrogens with zero attached hydrogens (tertiary/aromatic N) is 1. The number of rotatable bonds is 7. The van der Waals surface area contributed by atoms with Crippen LogP contribution in [0.15, 0.2) is 18.3 Å². The highest BCUT2D eigenvalue weighted by molar-refractivity contribution is 7.98. The molecule has 0 aliphatic heterocycles. The molecule has 2 rings (SSSR count). The van der Waals surface area contributed by atoms with Gasteiger partial charge in [0, 0.05) is 24.1 Å². The minimum absolute atomic E-state index is 0.0783. The van der Waals surface area contributed by atoms with Crippen molar-refractivity contribution in [1.82, 2.24) is 4.98 Å². The van der Waals surface area contributed by atoms with Crippen LogP contribution in [-0.4, -0.2) is 28.4 Å². The lowest BCUT2D eigenvalue weighted by atomic mass is 9.87. The van der Waals surface area contributed by atoms with Crippen molar-refractivity contribution in [2.75, 3.05) is 17.7 Å². The number of carbonyl (C=O) groups excluding carboxylic acids is 1.